The fourth-order valence-electron chi connectivity index (χ4n) is 6.64. The Hall–Kier alpha value is -7.48. The molecule has 1 fully saturated rings. The highest BCUT2D eigenvalue weighted by molar-refractivity contribution is 6.00. The van der Waals surface area contributed by atoms with E-state index in [1.165, 1.54) is 20.3 Å². The van der Waals surface area contributed by atoms with Gasteiger partial charge in [0.15, 0.2) is 53.7 Å². The molecule has 6 aromatic rings. The number of hydrogen-bond donors (Lipinski definition) is 0. The number of para-hydroxylation sites is 2. The van der Waals surface area contributed by atoms with Crippen molar-refractivity contribution in [3.63, 3.8) is 0 Å². The zero-order valence-electron chi connectivity index (χ0n) is 34.4. The Balaban J connectivity index is 1.20. The van der Waals surface area contributed by atoms with Gasteiger partial charge in [0.05, 0.1) is 44.1 Å². The van der Waals surface area contributed by atoms with Crippen LogP contribution in [0.3, 0.4) is 0 Å². The Labute approximate surface area is 363 Å². The Morgan fingerprint density at radius 2 is 1.05 bits per heavy atom. The molecule has 6 aromatic carbocycles. The molecular formula is C50H44O13. The summed E-state index contributed by atoms with van der Waals surface area (Å²) in [6, 6.07) is 45.6. The molecular weight excluding hydrogens is 809 g/mol. The molecule has 0 aliphatic carbocycles. The first-order valence-corrected chi connectivity index (χ1v) is 20.0. The van der Waals surface area contributed by atoms with Crippen molar-refractivity contribution in [3.8, 4) is 23.0 Å². The maximum Gasteiger partial charge on any atom is 0.338 e. The number of hydrogen-bond acceptors (Lipinski definition) is 13. The molecule has 1 aliphatic rings. The van der Waals surface area contributed by atoms with E-state index in [0.29, 0.717) is 17.2 Å². The molecule has 0 amide bonds. The number of methoxy groups -OCH3 is 2. The first kappa shape index (κ1) is 43.6. The summed E-state index contributed by atoms with van der Waals surface area (Å²) in [4.78, 5) is 55.4. The van der Waals surface area contributed by atoms with Crippen LogP contribution in [-0.4, -0.2) is 81.8 Å². The zero-order chi connectivity index (χ0) is 44.0. The molecule has 0 spiro atoms. The van der Waals surface area contributed by atoms with Crippen LogP contribution in [0.1, 0.15) is 47.0 Å². The lowest BCUT2D eigenvalue weighted by Crippen LogP contribution is -2.58. The molecule has 7 rings (SSSR count). The van der Waals surface area contributed by atoms with Crippen LogP contribution >= 0.6 is 0 Å². The highest BCUT2D eigenvalue weighted by atomic mass is 16.7. The first-order valence-electron chi connectivity index (χ1n) is 20.0. The van der Waals surface area contributed by atoms with Gasteiger partial charge in [-0.05, 0) is 72.3 Å². The van der Waals surface area contributed by atoms with Gasteiger partial charge in [0.2, 0.25) is 5.78 Å². The largest absolute Gasteiger partial charge is 0.493 e. The van der Waals surface area contributed by atoms with E-state index in [-0.39, 0.29) is 41.2 Å². The lowest BCUT2D eigenvalue weighted by Gasteiger charge is -2.40. The van der Waals surface area contributed by atoms with E-state index in [2.05, 4.69) is 0 Å². The van der Waals surface area contributed by atoms with Crippen LogP contribution in [0.5, 0.6) is 23.0 Å². The van der Waals surface area contributed by atoms with Gasteiger partial charge in [-0.15, -0.1) is 0 Å². The fraction of sp³-hybridized carbons (Fsp3) is 0.200. The van der Waals surface area contributed by atoms with Crippen molar-refractivity contribution in [1.82, 2.24) is 0 Å². The molecule has 0 bridgehead atoms. The summed E-state index contributed by atoms with van der Waals surface area (Å²) >= 11 is 0. The molecule has 0 aromatic heterocycles. The predicted molar refractivity (Wildman–Crippen MR) is 228 cm³/mol. The van der Waals surface area contributed by atoms with Gasteiger partial charge in [0.25, 0.3) is 0 Å². The summed E-state index contributed by atoms with van der Waals surface area (Å²) in [6.45, 7) is -0.574. The summed E-state index contributed by atoms with van der Waals surface area (Å²) in [5.41, 5.74) is 1.72. The minimum absolute atomic E-state index is 0.172. The maximum absolute atomic E-state index is 14.5. The second-order valence-electron chi connectivity index (χ2n) is 14.1. The van der Waals surface area contributed by atoms with Gasteiger partial charge >= 0.3 is 17.9 Å². The van der Waals surface area contributed by atoms with Crippen molar-refractivity contribution >= 4 is 23.7 Å². The quantitative estimate of drug-likeness (QED) is 0.0468. The summed E-state index contributed by atoms with van der Waals surface area (Å²) < 4.78 is 54.0. The van der Waals surface area contributed by atoms with Gasteiger partial charge in [-0.25, -0.2) is 14.4 Å². The van der Waals surface area contributed by atoms with E-state index in [1.54, 1.807) is 127 Å². The van der Waals surface area contributed by atoms with E-state index in [1.807, 2.05) is 30.3 Å². The Kier molecular flexibility index (Phi) is 14.8. The molecule has 63 heavy (non-hydrogen) atoms. The molecule has 1 saturated heterocycles. The first-order chi connectivity index (χ1) is 30.8. The van der Waals surface area contributed by atoms with Crippen LogP contribution in [0.4, 0.5) is 0 Å². The van der Waals surface area contributed by atoms with Crippen molar-refractivity contribution in [2.75, 3.05) is 27.4 Å². The molecule has 1 aliphatic heterocycles. The van der Waals surface area contributed by atoms with Gasteiger partial charge in [-0.2, -0.15) is 0 Å². The number of carbonyl (C=O) groups is 4. The monoisotopic (exact) mass is 852 g/mol. The Bertz CT molecular complexity index is 2450. The summed E-state index contributed by atoms with van der Waals surface area (Å²) in [7, 11) is 2.93. The number of esters is 3. The number of ketones is 1. The normalized spacial score (nSPS) is 17.3. The average molecular weight is 853 g/mol. The number of Topliss-reactive ketones (excluding diaryl/α,β-unsaturated/α-hetero) is 1. The van der Waals surface area contributed by atoms with Crippen molar-refractivity contribution in [2.45, 2.75) is 37.3 Å². The standard InChI is InChI=1S/C50H44O13/c1-55-38-25-15-16-26-40(38)60-42(44(51)37-27-28-39(41(29-37)56-2)57-30-33-17-7-3-8-18-33)31-58-50-46(63-49(54)36-23-13-6-14-24-36)45(62-48(53)35-21-11-5-12-22-35)43(32-59-50)61-47(52)34-19-9-4-10-20-34/h3-29,42-43,45-46,50H,30-32H2,1-2H3/t42-,43-,45+,46-,50-/m1/s1. The number of carbonyl (C=O) groups excluding carboxylic acids is 4. The molecule has 1 heterocycles. The minimum Gasteiger partial charge on any atom is -0.493 e. The van der Waals surface area contributed by atoms with E-state index < -0.39 is 61.0 Å². The van der Waals surface area contributed by atoms with Gasteiger partial charge in [-0.1, -0.05) is 97.1 Å². The van der Waals surface area contributed by atoms with Crippen molar-refractivity contribution in [1.29, 1.82) is 0 Å². The highest BCUT2D eigenvalue weighted by Crippen LogP contribution is 2.33. The lowest BCUT2D eigenvalue weighted by atomic mass is 10.0. The number of ether oxygens (including phenoxy) is 9. The predicted octanol–water partition coefficient (Wildman–Crippen LogP) is 7.96. The number of rotatable bonds is 18. The smallest absolute Gasteiger partial charge is 0.338 e. The Morgan fingerprint density at radius 1 is 0.540 bits per heavy atom. The second-order valence-corrected chi connectivity index (χ2v) is 14.1. The van der Waals surface area contributed by atoms with Crippen molar-refractivity contribution < 1.29 is 61.8 Å². The molecule has 13 nitrogen and oxygen atoms in total. The van der Waals surface area contributed by atoms with Crippen LogP contribution in [0.2, 0.25) is 0 Å². The minimum atomic E-state index is -1.55. The Morgan fingerprint density at radius 3 is 1.62 bits per heavy atom. The third kappa shape index (κ3) is 11.3. The lowest BCUT2D eigenvalue weighted by molar-refractivity contribution is -0.270. The molecule has 0 radical (unpaired) electrons. The molecule has 0 saturated carbocycles. The summed E-state index contributed by atoms with van der Waals surface area (Å²) in [5, 5.41) is 0. The topological polar surface area (TPSA) is 151 Å². The van der Waals surface area contributed by atoms with Gasteiger partial charge in [0, 0.05) is 5.56 Å². The van der Waals surface area contributed by atoms with Crippen LogP contribution in [0.15, 0.2) is 164 Å². The van der Waals surface area contributed by atoms with Gasteiger partial charge in [0.1, 0.15) is 6.61 Å². The van der Waals surface area contributed by atoms with E-state index in [0.717, 1.165) is 5.56 Å². The molecule has 5 atom stereocenters. The van der Waals surface area contributed by atoms with Gasteiger partial charge in [-0.3, -0.25) is 4.79 Å². The van der Waals surface area contributed by atoms with Crippen LogP contribution in [0, 0.1) is 0 Å². The third-order valence-corrected chi connectivity index (χ3v) is 9.88. The highest BCUT2D eigenvalue weighted by Gasteiger charge is 2.49. The van der Waals surface area contributed by atoms with Crippen LogP contribution < -0.4 is 18.9 Å². The second kappa shape index (κ2) is 21.4. The molecule has 0 unspecified atom stereocenters. The molecule has 0 N–H and O–H groups in total. The summed E-state index contributed by atoms with van der Waals surface area (Å²) in [6.07, 6.45) is -7.14. The SMILES string of the molecule is COc1cc(C(=O)[C@@H](CO[C@@H]2OC[C@@H](OC(=O)c3ccccc3)[C@H](OC(=O)c3ccccc3)[C@H]2OC(=O)c2ccccc2)Oc2ccccc2OC)ccc1OCc1ccccc1. The van der Waals surface area contributed by atoms with Crippen LogP contribution in [-0.2, 0) is 30.3 Å². The van der Waals surface area contributed by atoms with Crippen molar-refractivity contribution in [3.05, 3.63) is 192 Å². The maximum atomic E-state index is 14.5. The molecule has 322 valence electrons. The summed E-state index contributed by atoms with van der Waals surface area (Å²) in [5.74, 6) is -1.57. The van der Waals surface area contributed by atoms with Crippen LogP contribution in [0.25, 0.3) is 0 Å². The zero-order valence-corrected chi connectivity index (χ0v) is 34.4. The van der Waals surface area contributed by atoms with E-state index >= 15 is 0 Å². The van der Waals surface area contributed by atoms with E-state index in [9.17, 15) is 19.2 Å². The third-order valence-electron chi connectivity index (χ3n) is 9.88. The fourth-order valence-corrected chi connectivity index (χ4v) is 6.64. The van der Waals surface area contributed by atoms with Crippen molar-refractivity contribution in [2.24, 2.45) is 0 Å². The average Bonchev–Trinajstić information content (AvgIpc) is 3.34. The number of benzene rings is 6. The van der Waals surface area contributed by atoms with Gasteiger partial charge < -0.3 is 42.6 Å². The molecule has 13 heteroatoms. The van der Waals surface area contributed by atoms with E-state index in [4.69, 9.17) is 42.6 Å².